The molecule has 6 unspecified atom stereocenters. The first-order valence-corrected chi connectivity index (χ1v) is 8.81. The predicted molar refractivity (Wildman–Crippen MR) is 83.4 cm³/mol. The maximum atomic E-state index is 11.7. The summed E-state index contributed by atoms with van der Waals surface area (Å²) in [6.45, 7) is 7.21. The summed E-state index contributed by atoms with van der Waals surface area (Å²) in [6.07, 6.45) is 5.50. The number of rotatable bonds is 2. The standard InChI is InChI=1S/C18H28O5/c1-11-5-6-15-14-7-8-16(21-12(2)19)17(14,4)9-10-18(15,22-11)23-13(3)20/h11,14-16H,5-10H2,1-4H3. The molecule has 0 amide bonds. The van der Waals surface area contributed by atoms with Gasteiger partial charge in [-0.25, -0.2) is 0 Å². The van der Waals surface area contributed by atoms with Crippen molar-refractivity contribution in [2.45, 2.75) is 84.2 Å². The summed E-state index contributed by atoms with van der Waals surface area (Å²) in [4.78, 5) is 23.1. The zero-order chi connectivity index (χ0) is 16.8. The number of carbonyl (C=O) groups is 2. The number of esters is 2. The first kappa shape index (κ1) is 16.7. The molecule has 130 valence electrons. The fraction of sp³-hybridized carbons (Fsp3) is 0.889. The summed E-state index contributed by atoms with van der Waals surface area (Å²) < 4.78 is 17.6. The third-order valence-corrected chi connectivity index (χ3v) is 6.29. The van der Waals surface area contributed by atoms with Crippen LogP contribution in [-0.4, -0.2) is 29.9 Å². The van der Waals surface area contributed by atoms with Crippen LogP contribution in [0.2, 0.25) is 0 Å². The molecule has 1 aliphatic heterocycles. The molecule has 0 aromatic carbocycles. The largest absolute Gasteiger partial charge is 0.462 e. The van der Waals surface area contributed by atoms with Crippen molar-refractivity contribution in [1.82, 2.24) is 0 Å². The Hall–Kier alpha value is -1.10. The van der Waals surface area contributed by atoms with Gasteiger partial charge in [0.15, 0.2) is 0 Å². The Balaban J connectivity index is 1.88. The average molecular weight is 324 g/mol. The van der Waals surface area contributed by atoms with Gasteiger partial charge in [-0.1, -0.05) is 6.92 Å². The average Bonchev–Trinajstić information content (AvgIpc) is 2.74. The third kappa shape index (κ3) is 2.77. The van der Waals surface area contributed by atoms with E-state index in [9.17, 15) is 9.59 Å². The molecule has 23 heavy (non-hydrogen) atoms. The molecule has 1 saturated heterocycles. The van der Waals surface area contributed by atoms with Gasteiger partial charge in [-0.15, -0.1) is 0 Å². The van der Waals surface area contributed by atoms with Gasteiger partial charge < -0.3 is 14.2 Å². The Morgan fingerprint density at radius 2 is 1.70 bits per heavy atom. The monoisotopic (exact) mass is 324 g/mol. The summed E-state index contributed by atoms with van der Waals surface area (Å²) in [5.41, 5.74) is -0.0378. The molecule has 0 aromatic heterocycles. The maximum Gasteiger partial charge on any atom is 0.305 e. The number of hydrogen-bond acceptors (Lipinski definition) is 5. The van der Waals surface area contributed by atoms with Crippen LogP contribution in [0.1, 0.15) is 66.2 Å². The molecule has 3 rings (SSSR count). The molecule has 6 atom stereocenters. The van der Waals surface area contributed by atoms with E-state index >= 15 is 0 Å². The molecule has 2 saturated carbocycles. The highest BCUT2D eigenvalue weighted by Gasteiger charge is 2.63. The fourth-order valence-electron chi connectivity index (χ4n) is 5.34. The second-order valence-corrected chi connectivity index (χ2v) is 7.81. The molecule has 0 aromatic rings. The van der Waals surface area contributed by atoms with E-state index in [2.05, 4.69) is 6.92 Å². The number of carbonyl (C=O) groups excluding carboxylic acids is 2. The Labute approximate surface area is 138 Å². The molecule has 0 bridgehead atoms. The van der Waals surface area contributed by atoms with Gasteiger partial charge in [-0.2, -0.15) is 0 Å². The second-order valence-electron chi connectivity index (χ2n) is 7.81. The molecule has 1 heterocycles. The minimum absolute atomic E-state index is 0.0281. The van der Waals surface area contributed by atoms with Crippen molar-refractivity contribution in [2.75, 3.05) is 0 Å². The highest BCUT2D eigenvalue weighted by molar-refractivity contribution is 5.67. The molecular weight excluding hydrogens is 296 g/mol. The number of fused-ring (bicyclic) bond motifs is 3. The van der Waals surface area contributed by atoms with E-state index in [0.717, 1.165) is 32.1 Å². The van der Waals surface area contributed by atoms with Crippen molar-refractivity contribution in [3.63, 3.8) is 0 Å². The molecule has 0 spiro atoms. The maximum absolute atomic E-state index is 11.7. The molecule has 0 radical (unpaired) electrons. The van der Waals surface area contributed by atoms with E-state index < -0.39 is 5.79 Å². The van der Waals surface area contributed by atoms with Crippen LogP contribution in [0.3, 0.4) is 0 Å². The lowest BCUT2D eigenvalue weighted by Gasteiger charge is -2.55. The van der Waals surface area contributed by atoms with E-state index in [0.29, 0.717) is 12.3 Å². The van der Waals surface area contributed by atoms with E-state index in [1.54, 1.807) is 0 Å². The molecule has 0 N–H and O–H groups in total. The molecule has 5 nitrogen and oxygen atoms in total. The van der Waals surface area contributed by atoms with Crippen LogP contribution in [-0.2, 0) is 23.8 Å². The molecule has 2 aliphatic carbocycles. The van der Waals surface area contributed by atoms with Crippen molar-refractivity contribution in [3.05, 3.63) is 0 Å². The van der Waals surface area contributed by atoms with Crippen LogP contribution in [0.25, 0.3) is 0 Å². The Kier molecular flexibility index (Phi) is 4.20. The summed E-state index contributed by atoms with van der Waals surface area (Å²) in [7, 11) is 0. The second kappa shape index (κ2) is 5.76. The van der Waals surface area contributed by atoms with Gasteiger partial charge in [0.25, 0.3) is 0 Å². The molecule has 3 fully saturated rings. The minimum Gasteiger partial charge on any atom is -0.462 e. The lowest BCUT2D eigenvalue weighted by Crippen LogP contribution is -2.59. The molecular formula is C18H28O5. The Morgan fingerprint density at radius 3 is 2.35 bits per heavy atom. The van der Waals surface area contributed by atoms with Crippen molar-refractivity contribution in [1.29, 1.82) is 0 Å². The van der Waals surface area contributed by atoms with Gasteiger partial charge in [-0.05, 0) is 44.9 Å². The van der Waals surface area contributed by atoms with Gasteiger partial charge >= 0.3 is 11.9 Å². The van der Waals surface area contributed by atoms with Gasteiger partial charge in [-0.3, -0.25) is 9.59 Å². The minimum atomic E-state index is -0.779. The normalized spacial score (nSPS) is 45.7. The van der Waals surface area contributed by atoms with Gasteiger partial charge in [0, 0.05) is 31.6 Å². The van der Waals surface area contributed by atoms with Crippen LogP contribution in [0, 0.1) is 17.3 Å². The zero-order valence-electron chi connectivity index (χ0n) is 14.6. The smallest absolute Gasteiger partial charge is 0.305 e. The lowest BCUT2D eigenvalue weighted by atomic mass is 9.59. The van der Waals surface area contributed by atoms with Crippen molar-refractivity contribution < 1.29 is 23.8 Å². The van der Waals surface area contributed by atoms with Crippen LogP contribution in [0.4, 0.5) is 0 Å². The topological polar surface area (TPSA) is 61.8 Å². The van der Waals surface area contributed by atoms with Crippen molar-refractivity contribution in [3.8, 4) is 0 Å². The summed E-state index contributed by atoms with van der Waals surface area (Å²) in [5.74, 6) is -0.697. The van der Waals surface area contributed by atoms with Crippen molar-refractivity contribution in [2.24, 2.45) is 17.3 Å². The summed E-state index contributed by atoms with van der Waals surface area (Å²) >= 11 is 0. The summed E-state index contributed by atoms with van der Waals surface area (Å²) in [5, 5.41) is 0. The Bertz CT molecular complexity index is 504. The fourth-order valence-corrected chi connectivity index (χ4v) is 5.34. The van der Waals surface area contributed by atoms with E-state index in [-0.39, 0.29) is 35.5 Å². The van der Waals surface area contributed by atoms with Crippen LogP contribution in [0.5, 0.6) is 0 Å². The number of ether oxygens (including phenoxy) is 3. The van der Waals surface area contributed by atoms with Crippen molar-refractivity contribution >= 4 is 11.9 Å². The highest BCUT2D eigenvalue weighted by atomic mass is 16.7. The number of hydrogen-bond donors (Lipinski definition) is 0. The van der Waals surface area contributed by atoms with Gasteiger partial charge in [0.05, 0.1) is 6.10 Å². The predicted octanol–water partition coefficient (Wildman–Crippen LogP) is 3.20. The van der Waals surface area contributed by atoms with E-state index in [4.69, 9.17) is 14.2 Å². The van der Waals surface area contributed by atoms with E-state index in [1.165, 1.54) is 13.8 Å². The quantitative estimate of drug-likeness (QED) is 0.730. The van der Waals surface area contributed by atoms with Gasteiger partial charge in [0.2, 0.25) is 5.79 Å². The zero-order valence-corrected chi connectivity index (χ0v) is 14.6. The highest BCUT2D eigenvalue weighted by Crippen LogP contribution is 2.61. The first-order valence-electron chi connectivity index (χ1n) is 8.81. The molecule has 3 aliphatic rings. The van der Waals surface area contributed by atoms with Gasteiger partial charge in [0.1, 0.15) is 6.10 Å². The SMILES string of the molecule is CC(=O)OC1CCC2C3CCC(C)OC3(OC(C)=O)CCC12C. The first-order chi connectivity index (χ1) is 10.8. The summed E-state index contributed by atoms with van der Waals surface area (Å²) in [6, 6.07) is 0. The van der Waals surface area contributed by atoms with Crippen LogP contribution < -0.4 is 0 Å². The van der Waals surface area contributed by atoms with E-state index in [1.807, 2.05) is 6.92 Å². The third-order valence-electron chi connectivity index (χ3n) is 6.29. The molecule has 5 heteroatoms. The lowest BCUT2D eigenvalue weighted by molar-refractivity contribution is -0.321. The Morgan fingerprint density at radius 1 is 1.00 bits per heavy atom. The van der Waals surface area contributed by atoms with Crippen LogP contribution >= 0.6 is 0 Å². The van der Waals surface area contributed by atoms with Crippen LogP contribution in [0.15, 0.2) is 0 Å².